The number of likely N-dealkylation sites (tertiary alicyclic amines) is 2. The molecule has 2 bridgehead atoms. The SMILES string of the molecule is Cc1cc(-c2[nH]c3ccc(C4CCN(C(=O)CN5CC6CCC(C5)O6)CC4)cc3c2C(C)C)cc(C)n1. The second-order valence-electron chi connectivity index (χ2n) is 11.8. The lowest BCUT2D eigenvalue weighted by Gasteiger charge is -2.36. The number of aryl methyl sites for hydroxylation is 2. The largest absolute Gasteiger partial charge is 0.372 e. The Morgan fingerprint density at radius 3 is 2.35 bits per heavy atom. The Bertz CT molecular complexity index is 1270. The quantitative estimate of drug-likeness (QED) is 0.500. The highest BCUT2D eigenvalue weighted by Crippen LogP contribution is 2.38. The molecule has 196 valence electrons. The summed E-state index contributed by atoms with van der Waals surface area (Å²) in [5.74, 6) is 1.19. The van der Waals surface area contributed by atoms with Crippen molar-refractivity contribution in [2.75, 3.05) is 32.7 Å². The molecule has 0 saturated carbocycles. The maximum absolute atomic E-state index is 13.1. The van der Waals surface area contributed by atoms with Gasteiger partial charge in [-0.1, -0.05) is 19.9 Å². The van der Waals surface area contributed by atoms with Crippen molar-refractivity contribution >= 4 is 16.8 Å². The molecule has 37 heavy (non-hydrogen) atoms. The molecule has 6 nitrogen and oxygen atoms in total. The zero-order valence-electron chi connectivity index (χ0n) is 22.7. The summed E-state index contributed by atoms with van der Waals surface area (Å²) in [5.41, 5.74) is 8.51. The fraction of sp³-hybridized carbons (Fsp3) is 0.548. The first-order chi connectivity index (χ1) is 17.8. The number of pyridine rings is 1. The number of aromatic nitrogens is 2. The van der Waals surface area contributed by atoms with E-state index in [9.17, 15) is 4.79 Å². The Balaban J connectivity index is 1.17. The van der Waals surface area contributed by atoms with Gasteiger partial charge in [0.2, 0.25) is 5.91 Å². The lowest BCUT2D eigenvalue weighted by molar-refractivity contribution is -0.135. The van der Waals surface area contributed by atoms with E-state index in [-0.39, 0.29) is 5.91 Å². The average molecular weight is 501 g/mol. The number of H-pyrrole nitrogens is 1. The smallest absolute Gasteiger partial charge is 0.236 e. The van der Waals surface area contributed by atoms with Crippen molar-refractivity contribution in [1.82, 2.24) is 19.8 Å². The van der Waals surface area contributed by atoms with Crippen LogP contribution >= 0.6 is 0 Å². The normalized spacial score (nSPS) is 22.9. The molecular weight excluding hydrogens is 460 g/mol. The third-order valence-corrected chi connectivity index (χ3v) is 8.61. The Hall–Kier alpha value is -2.70. The molecule has 3 aromatic rings. The third kappa shape index (κ3) is 4.94. The highest BCUT2D eigenvalue weighted by atomic mass is 16.5. The van der Waals surface area contributed by atoms with Gasteiger partial charge in [0, 0.05) is 54.0 Å². The number of aromatic amines is 1. The van der Waals surface area contributed by atoms with Crippen LogP contribution in [-0.4, -0.2) is 70.6 Å². The van der Waals surface area contributed by atoms with Crippen LogP contribution in [0.5, 0.6) is 0 Å². The van der Waals surface area contributed by atoms with Crippen molar-refractivity contribution < 1.29 is 9.53 Å². The summed E-state index contributed by atoms with van der Waals surface area (Å²) < 4.78 is 5.94. The molecule has 0 aliphatic carbocycles. The summed E-state index contributed by atoms with van der Waals surface area (Å²) in [6, 6.07) is 11.3. The molecule has 5 heterocycles. The third-order valence-electron chi connectivity index (χ3n) is 8.61. The first kappa shape index (κ1) is 24.6. The molecule has 6 rings (SSSR count). The topological polar surface area (TPSA) is 61.5 Å². The number of nitrogens with zero attached hydrogens (tertiary/aromatic N) is 3. The Morgan fingerprint density at radius 2 is 1.70 bits per heavy atom. The van der Waals surface area contributed by atoms with Crippen LogP contribution in [0.2, 0.25) is 0 Å². The number of rotatable bonds is 5. The second-order valence-corrected chi connectivity index (χ2v) is 11.8. The molecule has 1 aromatic carbocycles. The molecule has 1 amide bonds. The minimum atomic E-state index is 0.288. The van der Waals surface area contributed by atoms with Gasteiger partial charge in [0.25, 0.3) is 0 Å². The second kappa shape index (κ2) is 9.88. The van der Waals surface area contributed by atoms with E-state index in [0.29, 0.717) is 30.6 Å². The lowest BCUT2D eigenvalue weighted by Crippen LogP contribution is -2.49. The van der Waals surface area contributed by atoms with Crippen molar-refractivity contribution in [3.8, 4) is 11.3 Å². The van der Waals surface area contributed by atoms with E-state index in [2.05, 4.69) is 77.8 Å². The highest BCUT2D eigenvalue weighted by molar-refractivity contribution is 5.92. The van der Waals surface area contributed by atoms with E-state index in [1.54, 1.807) is 0 Å². The molecule has 2 atom stereocenters. The number of fused-ring (bicyclic) bond motifs is 3. The number of hydrogen-bond acceptors (Lipinski definition) is 4. The number of carbonyl (C=O) groups is 1. The summed E-state index contributed by atoms with van der Waals surface area (Å²) in [6.45, 7) is 12.8. The fourth-order valence-electron chi connectivity index (χ4n) is 6.87. The minimum absolute atomic E-state index is 0.288. The molecule has 0 radical (unpaired) electrons. The van der Waals surface area contributed by atoms with Crippen LogP contribution < -0.4 is 0 Å². The van der Waals surface area contributed by atoms with Gasteiger partial charge in [0.15, 0.2) is 0 Å². The summed E-state index contributed by atoms with van der Waals surface area (Å²) in [4.78, 5) is 25.8. The minimum Gasteiger partial charge on any atom is -0.372 e. The van der Waals surface area contributed by atoms with Gasteiger partial charge in [-0.3, -0.25) is 14.7 Å². The molecule has 2 aromatic heterocycles. The van der Waals surface area contributed by atoms with Gasteiger partial charge in [-0.25, -0.2) is 0 Å². The van der Waals surface area contributed by atoms with Crippen LogP contribution in [0.15, 0.2) is 30.3 Å². The predicted octanol–water partition coefficient (Wildman–Crippen LogP) is 5.54. The fourth-order valence-corrected chi connectivity index (χ4v) is 6.87. The standard InChI is InChI=1S/C31H40N4O2/c1-19(2)30-27-15-23(5-8-28(27)33-31(30)24-13-20(3)32-21(4)14-24)22-9-11-35(12-10-22)29(36)18-34-16-25-6-7-26(17-34)37-25/h5,8,13-15,19,22,25-26,33H,6-7,9-12,16-18H2,1-4H3. The summed E-state index contributed by atoms with van der Waals surface area (Å²) in [7, 11) is 0. The average Bonchev–Trinajstić information content (AvgIpc) is 3.42. The number of hydrogen-bond donors (Lipinski definition) is 1. The van der Waals surface area contributed by atoms with E-state index in [1.165, 1.54) is 33.3 Å². The molecule has 3 fully saturated rings. The number of nitrogens with one attached hydrogen (secondary N) is 1. The van der Waals surface area contributed by atoms with Crippen molar-refractivity contribution in [3.63, 3.8) is 0 Å². The van der Waals surface area contributed by atoms with E-state index < -0.39 is 0 Å². The summed E-state index contributed by atoms with van der Waals surface area (Å²) >= 11 is 0. The number of benzene rings is 1. The lowest BCUT2D eigenvalue weighted by atomic mass is 9.87. The summed E-state index contributed by atoms with van der Waals surface area (Å²) in [6.07, 6.45) is 5.03. The van der Waals surface area contributed by atoms with Gasteiger partial charge in [-0.2, -0.15) is 0 Å². The van der Waals surface area contributed by atoms with E-state index in [0.717, 1.165) is 63.3 Å². The summed E-state index contributed by atoms with van der Waals surface area (Å²) in [5, 5.41) is 1.33. The van der Waals surface area contributed by atoms with Gasteiger partial charge in [0.1, 0.15) is 0 Å². The molecule has 3 aliphatic heterocycles. The monoisotopic (exact) mass is 500 g/mol. The van der Waals surface area contributed by atoms with Crippen molar-refractivity contribution in [2.24, 2.45) is 0 Å². The Morgan fingerprint density at radius 1 is 1.03 bits per heavy atom. The van der Waals surface area contributed by atoms with E-state index in [1.807, 2.05) is 0 Å². The van der Waals surface area contributed by atoms with Gasteiger partial charge in [-0.15, -0.1) is 0 Å². The van der Waals surface area contributed by atoms with Crippen LogP contribution in [0.3, 0.4) is 0 Å². The van der Waals surface area contributed by atoms with Crippen LogP contribution in [-0.2, 0) is 9.53 Å². The Labute approximate surface area is 220 Å². The highest BCUT2D eigenvalue weighted by Gasteiger charge is 2.35. The van der Waals surface area contributed by atoms with Gasteiger partial charge in [-0.05, 0) is 86.8 Å². The van der Waals surface area contributed by atoms with Crippen LogP contribution in [0, 0.1) is 13.8 Å². The molecule has 0 spiro atoms. The first-order valence-corrected chi connectivity index (χ1v) is 14.1. The maximum atomic E-state index is 13.1. The van der Waals surface area contributed by atoms with Crippen molar-refractivity contribution in [3.05, 3.63) is 52.8 Å². The Kier molecular flexibility index (Phi) is 6.58. The molecule has 2 unspecified atom stereocenters. The number of carbonyl (C=O) groups excluding carboxylic acids is 1. The predicted molar refractivity (Wildman–Crippen MR) is 148 cm³/mol. The van der Waals surface area contributed by atoms with Gasteiger partial charge in [0.05, 0.1) is 24.4 Å². The van der Waals surface area contributed by atoms with E-state index in [4.69, 9.17) is 4.74 Å². The van der Waals surface area contributed by atoms with Gasteiger partial charge < -0.3 is 14.6 Å². The van der Waals surface area contributed by atoms with Crippen molar-refractivity contribution in [2.45, 2.75) is 77.4 Å². The zero-order chi connectivity index (χ0) is 25.7. The van der Waals surface area contributed by atoms with E-state index >= 15 is 0 Å². The molecular formula is C31H40N4O2. The van der Waals surface area contributed by atoms with Crippen LogP contribution in [0.4, 0.5) is 0 Å². The first-order valence-electron chi connectivity index (χ1n) is 14.1. The van der Waals surface area contributed by atoms with Gasteiger partial charge >= 0.3 is 0 Å². The van der Waals surface area contributed by atoms with Crippen LogP contribution in [0.25, 0.3) is 22.2 Å². The molecule has 3 aliphatic rings. The zero-order valence-corrected chi connectivity index (χ0v) is 22.7. The van der Waals surface area contributed by atoms with Crippen LogP contribution in [0.1, 0.15) is 73.9 Å². The van der Waals surface area contributed by atoms with Crippen molar-refractivity contribution in [1.29, 1.82) is 0 Å². The molecule has 1 N–H and O–H groups in total. The number of morpholine rings is 1. The molecule has 6 heteroatoms. The number of ether oxygens (including phenoxy) is 1. The number of piperidine rings is 1. The maximum Gasteiger partial charge on any atom is 0.236 e. The molecule has 3 saturated heterocycles. The number of amides is 1.